The first-order chi connectivity index (χ1) is 8.79. The molecule has 0 radical (unpaired) electrons. The fourth-order valence-corrected chi connectivity index (χ4v) is 1.75. The predicted molar refractivity (Wildman–Crippen MR) is 61.9 cm³/mol. The van der Waals surface area contributed by atoms with E-state index in [9.17, 15) is 18.0 Å². The maximum Gasteiger partial charge on any atom is 0.416 e. The Morgan fingerprint density at radius 2 is 2.16 bits per heavy atom. The fraction of sp³-hybridized carbons (Fsp3) is 0.0909. The summed E-state index contributed by atoms with van der Waals surface area (Å²) in [4.78, 5) is 14.2. The second-order valence-electron chi connectivity index (χ2n) is 3.60. The average Bonchev–Trinajstić information content (AvgIpc) is 2.59. The number of aromatic nitrogens is 2. The molecule has 0 bridgehead atoms. The highest BCUT2D eigenvalue weighted by atomic mass is 35.5. The van der Waals surface area contributed by atoms with Gasteiger partial charge in [0.25, 0.3) is 0 Å². The molecule has 0 aliphatic rings. The van der Waals surface area contributed by atoms with Gasteiger partial charge in [0.05, 0.1) is 11.3 Å². The van der Waals surface area contributed by atoms with Crippen LogP contribution in [0.2, 0.25) is 5.15 Å². The highest BCUT2D eigenvalue weighted by molar-refractivity contribution is 6.31. The summed E-state index contributed by atoms with van der Waals surface area (Å²) < 4.78 is 38.8. The SMILES string of the molecule is O=C(O)/C=C/c1c(Cl)nc2cc(C(F)(F)F)ccn12. The molecule has 2 rings (SSSR count). The maximum atomic E-state index is 12.5. The second kappa shape index (κ2) is 4.58. The van der Waals surface area contributed by atoms with Crippen molar-refractivity contribution in [1.29, 1.82) is 0 Å². The van der Waals surface area contributed by atoms with Gasteiger partial charge in [-0.1, -0.05) is 11.6 Å². The number of fused-ring (bicyclic) bond motifs is 1. The maximum absolute atomic E-state index is 12.5. The van der Waals surface area contributed by atoms with Crippen LogP contribution in [0.15, 0.2) is 24.4 Å². The topological polar surface area (TPSA) is 54.6 Å². The normalized spacial score (nSPS) is 12.4. The Balaban J connectivity index is 2.57. The smallest absolute Gasteiger partial charge is 0.416 e. The molecule has 0 atom stereocenters. The van der Waals surface area contributed by atoms with Crippen molar-refractivity contribution in [3.8, 4) is 0 Å². The minimum absolute atomic E-state index is 0.00939. The van der Waals surface area contributed by atoms with Crippen LogP contribution >= 0.6 is 11.6 Å². The monoisotopic (exact) mass is 290 g/mol. The lowest BCUT2D eigenvalue weighted by molar-refractivity contribution is -0.137. The molecule has 0 aromatic carbocycles. The van der Waals surface area contributed by atoms with E-state index in [0.717, 1.165) is 30.5 Å². The van der Waals surface area contributed by atoms with Crippen molar-refractivity contribution in [2.75, 3.05) is 0 Å². The van der Waals surface area contributed by atoms with Crippen molar-refractivity contribution in [3.63, 3.8) is 0 Å². The molecule has 1 N–H and O–H groups in total. The number of hydrogen-bond acceptors (Lipinski definition) is 2. The summed E-state index contributed by atoms with van der Waals surface area (Å²) in [5, 5.41) is 8.45. The Kier molecular flexibility index (Phi) is 3.23. The standard InChI is InChI=1S/C11H6ClF3N2O2/c12-10-7(1-2-9(18)19)17-4-3-6(11(13,14)15)5-8(17)16-10/h1-5H,(H,18,19)/b2-1+. The van der Waals surface area contributed by atoms with Crippen LogP contribution in [0, 0.1) is 0 Å². The van der Waals surface area contributed by atoms with Gasteiger partial charge in [0.1, 0.15) is 5.65 Å². The van der Waals surface area contributed by atoms with Gasteiger partial charge in [0.2, 0.25) is 0 Å². The van der Waals surface area contributed by atoms with Gasteiger partial charge in [-0.2, -0.15) is 13.2 Å². The molecule has 8 heteroatoms. The van der Waals surface area contributed by atoms with Crippen molar-refractivity contribution in [2.24, 2.45) is 0 Å². The van der Waals surface area contributed by atoms with E-state index in [4.69, 9.17) is 16.7 Å². The van der Waals surface area contributed by atoms with Gasteiger partial charge in [-0.15, -0.1) is 0 Å². The molecule has 0 fully saturated rings. The molecule has 0 spiro atoms. The summed E-state index contributed by atoms with van der Waals surface area (Å²) in [6, 6.07) is 1.70. The van der Waals surface area contributed by atoms with Crippen LogP contribution in [0.3, 0.4) is 0 Å². The zero-order valence-corrected chi connectivity index (χ0v) is 9.90. The summed E-state index contributed by atoms with van der Waals surface area (Å²) in [5.74, 6) is -1.20. The number of alkyl halides is 3. The fourth-order valence-electron chi connectivity index (χ4n) is 1.51. The number of pyridine rings is 1. The van der Waals surface area contributed by atoms with E-state index in [2.05, 4.69) is 4.98 Å². The Morgan fingerprint density at radius 1 is 1.47 bits per heavy atom. The van der Waals surface area contributed by atoms with Crippen LogP contribution in [0.1, 0.15) is 11.3 Å². The molecule has 0 saturated heterocycles. The number of carboxylic acids is 1. The van der Waals surface area contributed by atoms with E-state index in [1.54, 1.807) is 0 Å². The lowest BCUT2D eigenvalue weighted by Gasteiger charge is -2.06. The van der Waals surface area contributed by atoms with E-state index >= 15 is 0 Å². The number of hydrogen-bond donors (Lipinski definition) is 1. The molecule has 0 saturated carbocycles. The van der Waals surface area contributed by atoms with Crippen molar-refractivity contribution < 1.29 is 23.1 Å². The number of imidazole rings is 1. The van der Waals surface area contributed by atoms with Gasteiger partial charge in [-0.3, -0.25) is 4.40 Å². The van der Waals surface area contributed by atoms with Crippen LogP contribution in [-0.4, -0.2) is 20.5 Å². The van der Waals surface area contributed by atoms with Crippen LogP contribution < -0.4 is 0 Å². The zero-order valence-electron chi connectivity index (χ0n) is 9.15. The highest BCUT2D eigenvalue weighted by Crippen LogP contribution is 2.30. The van der Waals surface area contributed by atoms with E-state index in [1.165, 1.54) is 4.40 Å². The first-order valence-electron chi connectivity index (χ1n) is 4.95. The summed E-state index contributed by atoms with van der Waals surface area (Å²) in [6.45, 7) is 0. The number of rotatable bonds is 2. The quantitative estimate of drug-likeness (QED) is 0.865. The van der Waals surface area contributed by atoms with E-state index in [0.29, 0.717) is 0 Å². The highest BCUT2D eigenvalue weighted by Gasteiger charge is 2.31. The van der Waals surface area contributed by atoms with Crippen LogP contribution in [0.25, 0.3) is 11.7 Å². The number of halogens is 4. The van der Waals surface area contributed by atoms with Gasteiger partial charge >= 0.3 is 12.1 Å². The molecule has 0 aliphatic heterocycles. The minimum Gasteiger partial charge on any atom is -0.478 e. The molecule has 2 aromatic rings. The number of carbonyl (C=O) groups is 1. The van der Waals surface area contributed by atoms with Gasteiger partial charge in [0, 0.05) is 12.3 Å². The molecule has 19 heavy (non-hydrogen) atoms. The van der Waals surface area contributed by atoms with Gasteiger partial charge in [-0.05, 0) is 18.2 Å². The van der Waals surface area contributed by atoms with Crippen LogP contribution in [-0.2, 0) is 11.0 Å². The molecular weight excluding hydrogens is 285 g/mol. The molecule has 4 nitrogen and oxygen atoms in total. The van der Waals surface area contributed by atoms with Crippen LogP contribution in [0.5, 0.6) is 0 Å². The summed E-state index contributed by atoms with van der Waals surface area (Å²) in [7, 11) is 0. The first kappa shape index (κ1) is 13.4. The Hall–Kier alpha value is -2.02. The van der Waals surface area contributed by atoms with Crippen molar-refractivity contribution in [1.82, 2.24) is 9.38 Å². The molecule has 0 unspecified atom stereocenters. The minimum atomic E-state index is -4.47. The van der Waals surface area contributed by atoms with Gasteiger partial charge < -0.3 is 5.11 Å². The molecular formula is C11H6ClF3N2O2. The Bertz CT molecular complexity index is 676. The second-order valence-corrected chi connectivity index (χ2v) is 3.96. The number of aliphatic carboxylic acids is 1. The van der Waals surface area contributed by atoms with Gasteiger partial charge in [-0.25, -0.2) is 9.78 Å². The lowest BCUT2D eigenvalue weighted by Crippen LogP contribution is -2.05. The van der Waals surface area contributed by atoms with Crippen molar-refractivity contribution >= 4 is 29.3 Å². The van der Waals surface area contributed by atoms with Crippen molar-refractivity contribution in [2.45, 2.75) is 6.18 Å². The predicted octanol–water partition coefficient (Wildman–Crippen LogP) is 3.10. The van der Waals surface area contributed by atoms with Crippen molar-refractivity contribution in [3.05, 3.63) is 40.8 Å². The van der Waals surface area contributed by atoms with Crippen LogP contribution in [0.4, 0.5) is 13.2 Å². The third-order valence-corrected chi connectivity index (χ3v) is 2.61. The molecule has 2 aromatic heterocycles. The zero-order chi connectivity index (χ0) is 14.2. The molecule has 100 valence electrons. The largest absolute Gasteiger partial charge is 0.478 e. The van der Waals surface area contributed by atoms with Gasteiger partial charge in [0.15, 0.2) is 5.15 Å². The average molecular weight is 291 g/mol. The molecule has 0 aliphatic carbocycles. The summed E-state index contributed by atoms with van der Waals surface area (Å²) in [5.41, 5.74) is -0.659. The summed E-state index contributed by atoms with van der Waals surface area (Å²) in [6.07, 6.45) is -1.35. The third-order valence-electron chi connectivity index (χ3n) is 2.33. The Morgan fingerprint density at radius 3 is 2.74 bits per heavy atom. The van der Waals surface area contributed by atoms with E-state index in [-0.39, 0.29) is 16.5 Å². The Labute approximate surface area is 109 Å². The van der Waals surface area contributed by atoms with E-state index < -0.39 is 17.7 Å². The molecule has 2 heterocycles. The molecule has 0 amide bonds. The number of nitrogens with zero attached hydrogens (tertiary/aromatic N) is 2. The third kappa shape index (κ3) is 2.70. The lowest BCUT2D eigenvalue weighted by atomic mass is 10.2. The van der Waals surface area contributed by atoms with E-state index in [1.807, 2.05) is 0 Å². The summed E-state index contributed by atoms with van der Waals surface area (Å²) >= 11 is 5.76. The first-order valence-corrected chi connectivity index (χ1v) is 5.32. The number of carboxylic acid groups (broad SMARTS) is 1.